The summed E-state index contributed by atoms with van der Waals surface area (Å²) >= 11 is 3.23. The fraction of sp³-hybridized carbons (Fsp3) is 0.250. The van der Waals surface area contributed by atoms with E-state index in [2.05, 4.69) is 20.9 Å². The first kappa shape index (κ1) is 8.40. The van der Waals surface area contributed by atoms with Crippen LogP contribution in [-0.2, 0) is 11.2 Å². The van der Waals surface area contributed by atoms with E-state index in [1.807, 2.05) is 12.1 Å². The van der Waals surface area contributed by atoms with Gasteiger partial charge in [-0.15, -0.1) is 0 Å². The van der Waals surface area contributed by atoms with Crippen LogP contribution in [0.5, 0.6) is 0 Å². The number of nitrogens with zero attached hydrogens (tertiary/aromatic N) is 1. The highest BCUT2D eigenvalue weighted by Gasteiger charge is 1.92. The Hall–Kier alpha value is -0.700. The van der Waals surface area contributed by atoms with E-state index in [9.17, 15) is 4.79 Å². The van der Waals surface area contributed by atoms with E-state index in [4.69, 9.17) is 0 Å². The Morgan fingerprint density at radius 1 is 1.55 bits per heavy atom. The fourth-order valence-electron chi connectivity index (χ4n) is 0.780. The number of aromatic nitrogens is 1. The van der Waals surface area contributed by atoms with Crippen LogP contribution in [0.3, 0.4) is 0 Å². The van der Waals surface area contributed by atoms with Crippen LogP contribution in [0.15, 0.2) is 22.9 Å². The molecule has 0 N–H and O–H groups in total. The lowest BCUT2D eigenvalue weighted by atomic mass is 10.2. The quantitative estimate of drug-likeness (QED) is 0.568. The molecular formula is C8H8BrNO. The fourth-order valence-corrected chi connectivity index (χ4v) is 1.01. The van der Waals surface area contributed by atoms with Crippen LogP contribution in [0, 0.1) is 0 Å². The lowest BCUT2D eigenvalue weighted by molar-refractivity contribution is -0.107. The Morgan fingerprint density at radius 3 is 2.91 bits per heavy atom. The standard InChI is InChI=1S/C8H8BrNO/c9-8-4-3-7(6-10-8)2-1-5-11/h3-6H,1-2H2. The molecule has 0 spiro atoms. The molecule has 0 aliphatic carbocycles. The van der Waals surface area contributed by atoms with Gasteiger partial charge < -0.3 is 4.79 Å². The molecule has 0 radical (unpaired) electrons. The highest BCUT2D eigenvalue weighted by Crippen LogP contribution is 2.07. The van der Waals surface area contributed by atoms with Crippen LogP contribution in [0.2, 0.25) is 0 Å². The second-order valence-corrected chi connectivity index (χ2v) is 3.01. The van der Waals surface area contributed by atoms with Crippen molar-refractivity contribution in [2.24, 2.45) is 0 Å². The molecule has 2 nitrogen and oxygen atoms in total. The highest BCUT2D eigenvalue weighted by molar-refractivity contribution is 9.10. The molecule has 1 aromatic rings. The smallest absolute Gasteiger partial charge is 0.120 e. The molecule has 0 bridgehead atoms. The molecule has 1 aromatic heterocycles. The van der Waals surface area contributed by atoms with Gasteiger partial charge in [-0.1, -0.05) is 6.07 Å². The molecule has 1 heterocycles. The molecule has 0 aromatic carbocycles. The minimum absolute atomic E-state index is 0.573. The molecule has 58 valence electrons. The summed E-state index contributed by atoms with van der Waals surface area (Å²) in [4.78, 5) is 14.0. The van der Waals surface area contributed by atoms with Gasteiger partial charge in [-0.2, -0.15) is 0 Å². The third-order valence-corrected chi connectivity index (χ3v) is 1.81. The molecule has 0 saturated heterocycles. The van der Waals surface area contributed by atoms with Crippen molar-refractivity contribution in [1.82, 2.24) is 4.98 Å². The maximum absolute atomic E-state index is 10.0. The molecule has 0 atom stereocenters. The minimum atomic E-state index is 0.573. The molecule has 0 unspecified atom stereocenters. The zero-order valence-corrected chi connectivity index (χ0v) is 7.54. The SMILES string of the molecule is O=CCCc1ccc(Br)nc1. The lowest BCUT2D eigenvalue weighted by Gasteiger charge is -1.95. The van der Waals surface area contributed by atoms with Crippen LogP contribution in [-0.4, -0.2) is 11.3 Å². The van der Waals surface area contributed by atoms with Gasteiger partial charge in [0.25, 0.3) is 0 Å². The van der Waals surface area contributed by atoms with Crippen molar-refractivity contribution in [3.8, 4) is 0 Å². The summed E-state index contributed by atoms with van der Waals surface area (Å²) in [5, 5.41) is 0. The topological polar surface area (TPSA) is 30.0 Å². The van der Waals surface area contributed by atoms with E-state index < -0.39 is 0 Å². The number of carbonyl (C=O) groups excluding carboxylic acids is 1. The van der Waals surface area contributed by atoms with Crippen molar-refractivity contribution < 1.29 is 4.79 Å². The number of pyridine rings is 1. The van der Waals surface area contributed by atoms with Crippen molar-refractivity contribution >= 4 is 22.2 Å². The summed E-state index contributed by atoms with van der Waals surface area (Å²) in [5.41, 5.74) is 1.10. The number of aryl methyl sites for hydroxylation is 1. The van der Waals surface area contributed by atoms with Crippen molar-refractivity contribution in [2.45, 2.75) is 12.8 Å². The largest absolute Gasteiger partial charge is 0.303 e. The third kappa shape index (κ3) is 2.80. The first-order chi connectivity index (χ1) is 5.33. The Kier molecular flexibility index (Phi) is 3.23. The van der Waals surface area contributed by atoms with Gasteiger partial charge in [-0.05, 0) is 34.0 Å². The first-order valence-electron chi connectivity index (χ1n) is 3.37. The molecule has 1 rings (SSSR count). The predicted octanol–water partition coefficient (Wildman–Crippen LogP) is 1.98. The van der Waals surface area contributed by atoms with E-state index in [1.165, 1.54) is 0 Å². The van der Waals surface area contributed by atoms with Gasteiger partial charge in [-0.3, -0.25) is 0 Å². The number of rotatable bonds is 3. The Balaban J connectivity index is 2.58. The molecular weight excluding hydrogens is 206 g/mol. The summed E-state index contributed by atoms with van der Waals surface area (Å²) < 4.78 is 0.826. The van der Waals surface area contributed by atoms with Crippen LogP contribution >= 0.6 is 15.9 Å². The van der Waals surface area contributed by atoms with Gasteiger partial charge in [-0.25, -0.2) is 4.98 Å². The second kappa shape index (κ2) is 4.23. The molecule has 0 saturated carbocycles. The van der Waals surface area contributed by atoms with Crippen LogP contribution in [0.1, 0.15) is 12.0 Å². The monoisotopic (exact) mass is 213 g/mol. The van der Waals surface area contributed by atoms with Gasteiger partial charge in [0.2, 0.25) is 0 Å². The van der Waals surface area contributed by atoms with E-state index in [-0.39, 0.29) is 0 Å². The minimum Gasteiger partial charge on any atom is -0.303 e. The summed E-state index contributed by atoms with van der Waals surface area (Å²) in [7, 11) is 0. The average molecular weight is 214 g/mol. The van der Waals surface area contributed by atoms with Gasteiger partial charge in [0.15, 0.2) is 0 Å². The zero-order valence-electron chi connectivity index (χ0n) is 5.96. The third-order valence-electron chi connectivity index (χ3n) is 1.34. The number of hydrogen-bond acceptors (Lipinski definition) is 2. The summed E-state index contributed by atoms with van der Waals surface area (Å²) in [5.74, 6) is 0. The summed E-state index contributed by atoms with van der Waals surface area (Å²) in [6.07, 6.45) is 4.04. The van der Waals surface area contributed by atoms with E-state index in [1.54, 1.807) is 6.20 Å². The van der Waals surface area contributed by atoms with E-state index in [0.717, 1.165) is 22.9 Å². The maximum Gasteiger partial charge on any atom is 0.120 e. The summed E-state index contributed by atoms with van der Waals surface area (Å²) in [6.45, 7) is 0. The molecule has 3 heteroatoms. The highest BCUT2D eigenvalue weighted by atomic mass is 79.9. The van der Waals surface area contributed by atoms with Gasteiger partial charge in [0.1, 0.15) is 10.9 Å². The maximum atomic E-state index is 10.0. The van der Waals surface area contributed by atoms with Crippen LogP contribution in [0.25, 0.3) is 0 Å². The number of aldehydes is 1. The molecule has 11 heavy (non-hydrogen) atoms. The molecule has 0 fully saturated rings. The van der Waals surface area contributed by atoms with E-state index in [0.29, 0.717) is 6.42 Å². The molecule has 0 aliphatic heterocycles. The normalized spacial score (nSPS) is 9.55. The summed E-state index contributed by atoms with van der Waals surface area (Å²) in [6, 6.07) is 3.83. The number of carbonyl (C=O) groups is 1. The van der Waals surface area contributed by atoms with Gasteiger partial charge in [0.05, 0.1) is 0 Å². The Bertz CT molecular complexity index is 232. The van der Waals surface area contributed by atoms with Gasteiger partial charge in [0, 0.05) is 12.6 Å². The van der Waals surface area contributed by atoms with Crippen molar-refractivity contribution in [1.29, 1.82) is 0 Å². The van der Waals surface area contributed by atoms with E-state index >= 15 is 0 Å². The molecule has 0 amide bonds. The second-order valence-electron chi connectivity index (χ2n) is 2.19. The van der Waals surface area contributed by atoms with Crippen molar-refractivity contribution in [2.75, 3.05) is 0 Å². The van der Waals surface area contributed by atoms with Crippen molar-refractivity contribution in [3.05, 3.63) is 28.5 Å². The predicted molar refractivity (Wildman–Crippen MR) is 46.3 cm³/mol. The Morgan fingerprint density at radius 2 is 2.36 bits per heavy atom. The van der Waals surface area contributed by atoms with Crippen LogP contribution in [0.4, 0.5) is 0 Å². The van der Waals surface area contributed by atoms with Crippen molar-refractivity contribution in [3.63, 3.8) is 0 Å². The average Bonchev–Trinajstić information content (AvgIpc) is 2.04. The zero-order chi connectivity index (χ0) is 8.10. The van der Waals surface area contributed by atoms with Gasteiger partial charge >= 0.3 is 0 Å². The number of hydrogen-bond donors (Lipinski definition) is 0. The first-order valence-corrected chi connectivity index (χ1v) is 4.16. The Labute approximate surface area is 73.8 Å². The lowest BCUT2D eigenvalue weighted by Crippen LogP contribution is -1.86. The molecule has 0 aliphatic rings. The number of halogens is 1. The van der Waals surface area contributed by atoms with Crippen LogP contribution < -0.4 is 0 Å².